The predicted octanol–water partition coefficient (Wildman–Crippen LogP) is 4.08. The highest BCUT2D eigenvalue weighted by atomic mass is 16.3. The molecule has 1 aliphatic carbocycles. The van der Waals surface area contributed by atoms with Crippen molar-refractivity contribution in [2.45, 2.75) is 51.4 Å². The summed E-state index contributed by atoms with van der Waals surface area (Å²) in [6.07, 6.45) is 12.7. The lowest BCUT2D eigenvalue weighted by Gasteiger charge is -2.28. The Hall–Kier alpha value is -1.23. The molecule has 16 heavy (non-hydrogen) atoms. The van der Waals surface area contributed by atoms with Crippen LogP contribution in [-0.2, 0) is 6.42 Å². The van der Waals surface area contributed by atoms with Crippen molar-refractivity contribution in [3.05, 3.63) is 24.2 Å². The molecular formula is C14H19NO. The fourth-order valence-corrected chi connectivity index (χ4v) is 2.69. The van der Waals surface area contributed by atoms with Crippen LogP contribution in [-0.4, -0.2) is 0 Å². The van der Waals surface area contributed by atoms with Crippen LogP contribution in [0.2, 0.25) is 0 Å². The highest BCUT2D eigenvalue weighted by Crippen LogP contribution is 2.36. The lowest BCUT2D eigenvalue weighted by molar-refractivity contribution is 0.286. The van der Waals surface area contributed by atoms with Gasteiger partial charge in [-0.2, -0.15) is 5.26 Å². The zero-order chi connectivity index (χ0) is 11.3. The van der Waals surface area contributed by atoms with Gasteiger partial charge in [-0.3, -0.25) is 0 Å². The van der Waals surface area contributed by atoms with E-state index in [1.54, 1.807) is 12.5 Å². The first-order valence-electron chi connectivity index (χ1n) is 6.27. The lowest BCUT2D eigenvalue weighted by Crippen LogP contribution is -2.22. The topological polar surface area (TPSA) is 36.9 Å². The minimum absolute atomic E-state index is 0.135. The molecule has 2 nitrogen and oxygen atoms in total. The Morgan fingerprint density at radius 2 is 1.88 bits per heavy atom. The van der Waals surface area contributed by atoms with E-state index in [0.29, 0.717) is 0 Å². The van der Waals surface area contributed by atoms with Gasteiger partial charge >= 0.3 is 0 Å². The molecule has 0 amide bonds. The van der Waals surface area contributed by atoms with Crippen molar-refractivity contribution < 1.29 is 4.42 Å². The van der Waals surface area contributed by atoms with E-state index in [1.807, 2.05) is 6.07 Å². The van der Waals surface area contributed by atoms with Crippen LogP contribution in [0.5, 0.6) is 0 Å². The van der Waals surface area contributed by atoms with Gasteiger partial charge in [0.15, 0.2) is 0 Å². The van der Waals surface area contributed by atoms with E-state index in [4.69, 9.17) is 4.42 Å². The molecule has 86 valence electrons. The molecule has 1 heterocycles. The summed E-state index contributed by atoms with van der Waals surface area (Å²) >= 11 is 0. The van der Waals surface area contributed by atoms with Crippen LogP contribution < -0.4 is 0 Å². The van der Waals surface area contributed by atoms with Gasteiger partial charge in [0, 0.05) is 0 Å². The molecule has 0 spiro atoms. The van der Waals surface area contributed by atoms with Crippen LogP contribution in [0.4, 0.5) is 0 Å². The van der Waals surface area contributed by atoms with Gasteiger partial charge in [0.2, 0.25) is 0 Å². The molecule has 0 radical (unpaired) electrons. The second kappa shape index (κ2) is 5.21. The van der Waals surface area contributed by atoms with Crippen LogP contribution in [0.1, 0.15) is 50.5 Å². The van der Waals surface area contributed by atoms with Gasteiger partial charge in [0.1, 0.15) is 0 Å². The summed E-state index contributed by atoms with van der Waals surface area (Å²) in [5.74, 6) is 0. The molecule has 0 saturated heterocycles. The van der Waals surface area contributed by atoms with Crippen LogP contribution in [0, 0.1) is 16.7 Å². The average molecular weight is 217 g/mol. The normalized spacial score (nSPS) is 20.7. The Kier molecular flexibility index (Phi) is 3.66. The Morgan fingerprint density at radius 3 is 2.44 bits per heavy atom. The van der Waals surface area contributed by atoms with Crippen molar-refractivity contribution in [2.24, 2.45) is 5.41 Å². The summed E-state index contributed by atoms with van der Waals surface area (Å²) < 4.78 is 5.09. The van der Waals surface area contributed by atoms with E-state index in [-0.39, 0.29) is 5.41 Å². The van der Waals surface area contributed by atoms with Gasteiger partial charge < -0.3 is 4.42 Å². The van der Waals surface area contributed by atoms with Gasteiger partial charge in [-0.15, -0.1) is 0 Å². The van der Waals surface area contributed by atoms with E-state index in [1.165, 1.54) is 37.7 Å². The zero-order valence-corrected chi connectivity index (χ0v) is 9.74. The first-order valence-corrected chi connectivity index (χ1v) is 6.27. The molecule has 1 saturated carbocycles. The van der Waals surface area contributed by atoms with Crippen molar-refractivity contribution in [2.75, 3.05) is 0 Å². The Balaban J connectivity index is 2.07. The highest BCUT2D eigenvalue weighted by molar-refractivity contribution is 5.14. The number of nitriles is 1. The first kappa shape index (κ1) is 11.3. The maximum Gasteiger partial charge on any atom is 0.0935 e. The van der Waals surface area contributed by atoms with Crippen LogP contribution in [0.25, 0.3) is 0 Å². The second-order valence-electron chi connectivity index (χ2n) is 4.97. The Labute approximate surface area is 97.3 Å². The van der Waals surface area contributed by atoms with Gasteiger partial charge in [-0.1, -0.05) is 32.1 Å². The van der Waals surface area contributed by atoms with Crippen molar-refractivity contribution in [3.8, 4) is 6.07 Å². The van der Waals surface area contributed by atoms with Gasteiger partial charge in [-0.05, 0) is 30.9 Å². The number of hydrogen-bond acceptors (Lipinski definition) is 2. The second-order valence-corrected chi connectivity index (χ2v) is 4.97. The molecule has 1 aliphatic rings. The fraction of sp³-hybridized carbons (Fsp3) is 0.643. The van der Waals surface area contributed by atoms with Crippen molar-refractivity contribution in [3.63, 3.8) is 0 Å². The number of rotatable bonds is 2. The van der Waals surface area contributed by atoms with Crippen molar-refractivity contribution in [1.82, 2.24) is 0 Å². The number of hydrogen-bond donors (Lipinski definition) is 0. The smallest absolute Gasteiger partial charge is 0.0935 e. The van der Waals surface area contributed by atoms with Crippen molar-refractivity contribution >= 4 is 0 Å². The largest absolute Gasteiger partial charge is 0.472 e. The average Bonchev–Trinajstić information content (AvgIpc) is 2.75. The first-order chi connectivity index (χ1) is 7.85. The molecule has 0 bridgehead atoms. The summed E-state index contributed by atoms with van der Waals surface area (Å²) in [4.78, 5) is 0. The van der Waals surface area contributed by atoms with E-state index in [0.717, 1.165) is 19.3 Å². The van der Waals surface area contributed by atoms with Gasteiger partial charge in [-0.25, -0.2) is 0 Å². The van der Waals surface area contributed by atoms with Crippen LogP contribution >= 0.6 is 0 Å². The lowest BCUT2D eigenvalue weighted by atomic mass is 9.74. The summed E-state index contributed by atoms with van der Waals surface area (Å²) in [6, 6.07) is 4.57. The minimum atomic E-state index is -0.135. The summed E-state index contributed by atoms with van der Waals surface area (Å²) in [7, 11) is 0. The molecule has 0 unspecified atom stereocenters. The van der Waals surface area contributed by atoms with Crippen LogP contribution in [0.3, 0.4) is 0 Å². The summed E-state index contributed by atoms with van der Waals surface area (Å²) in [5.41, 5.74) is 1.03. The molecule has 0 N–H and O–H groups in total. The number of nitrogens with zero attached hydrogens (tertiary/aromatic N) is 1. The summed E-state index contributed by atoms with van der Waals surface area (Å²) in [6.45, 7) is 0. The minimum Gasteiger partial charge on any atom is -0.472 e. The highest BCUT2D eigenvalue weighted by Gasteiger charge is 2.30. The molecule has 0 atom stereocenters. The Morgan fingerprint density at radius 1 is 1.19 bits per heavy atom. The standard InChI is InChI=1S/C14H19NO/c15-12-14(10-13-6-9-16-11-13)7-4-2-1-3-5-8-14/h6,9,11H,1-5,7-8,10H2. The molecule has 2 heteroatoms. The monoisotopic (exact) mass is 217 g/mol. The van der Waals surface area contributed by atoms with E-state index in [2.05, 4.69) is 6.07 Å². The molecule has 0 aromatic carbocycles. The van der Waals surface area contributed by atoms with Gasteiger partial charge in [0.05, 0.1) is 24.0 Å². The molecule has 1 aromatic rings. The molecular weight excluding hydrogens is 198 g/mol. The third-order valence-corrected chi connectivity index (χ3v) is 3.67. The molecule has 0 aliphatic heterocycles. The summed E-state index contributed by atoms with van der Waals surface area (Å²) in [5, 5.41) is 9.48. The van der Waals surface area contributed by atoms with E-state index in [9.17, 15) is 5.26 Å². The molecule has 1 aromatic heterocycles. The zero-order valence-electron chi connectivity index (χ0n) is 9.74. The Bertz CT molecular complexity index is 339. The predicted molar refractivity (Wildman–Crippen MR) is 62.8 cm³/mol. The maximum absolute atomic E-state index is 9.48. The third kappa shape index (κ3) is 2.66. The fourth-order valence-electron chi connectivity index (χ4n) is 2.69. The van der Waals surface area contributed by atoms with Crippen LogP contribution in [0.15, 0.2) is 23.0 Å². The molecule has 1 fully saturated rings. The van der Waals surface area contributed by atoms with Gasteiger partial charge in [0.25, 0.3) is 0 Å². The van der Waals surface area contributed by atoms with Crippen molar-refractivity contribution in [1.29, 1.82) is 5.26 Å². The quantitative estimate of drug-likeness (QED) is 0.748. The van der Waals surface area contributed by atoms with E-state index < -0.39 is 0 Å². The maximum atomic E-state index is 9.48. The molecule has 2 rings (SSSR count). The SMILES string of the molecule is N#CC1(Cc2ccoc2)CCCCCCC1. The van der Waals surface area contributed by atoms with E-state index >= 15 is 0 Å². The third-order valence-electron chi connectivity index (χ3n) is 3.67. The number of furan rings is 1.